The second-order valence-corrected chi connectivity index (χ2v) is 11.6. The summed E-state index contributed by atoms with van der Waals surface area (Å²) in [5.41, 5.74) is 29.5. The van der Waals surface area contributed by atoms with Gasteiger partial charge in [-0.05, 0) is 49.2 Å². The van der Waals surface area contributed by atoms with Crippen molar-refractivity contribution in [2.24, 2.45) is 22.9 Å². The molecule has 3 aromatic carbocycles. The van der Waals surface area contributed by atoms with Crippen LogP contribution in [0.3, 0.4) is 0 Å². The summed E-state index contributed by atoms with van der Waals surface area (Å²) in [6.07, 6.45) is 1.54. The van der Waals surface area contributed by atoms with Crippen LogP contribution in [0.2, 0.25) is 0 Å². The first kappa shape index (κ1) is 26.6. The molecule has 5 aromatic rings. The van der Waals surface area contributed by atoms with E-state index < -0.39 is 0 Å². The van der Waals surface area contributed by atoms with Crippen LogP contribution in [-0.2, 0) is 0 Å². The highest BCUT2D eigenvalue weighted by Crippen LogP contribution is 2.32. The summed E-state index contributed by atoms with van der Waals surface area (Å²) in [7, 11) is 0. The molecule has 7 rings (SSSR count). The van der Waals surface area contributed by atoms with Crippen molar-refractivity contribution in [2.75, 3.05) is 41.3 Å². The number of benzene rings is 3. The molecule has 0 saturated carbocycles. The molecule has 216 valence electrons. The Morgan fingerprint density at radius 2 is 1.02 bits per heavy atom. The standard InChI is InChI=1S/C31H37N11/c32-19-13-20(33)16-40(15-19)30-37-29(38-31(39-30)41-17-21(34)14-22(35)18-41)36-23-9-11-24(12-10-23)42-27-7-3-1-5-25(27)26-6-2-4-8-28(26)42/h1-12,19-22H,13-18,32-35H2,(H,36,37,38,39)/t19-,20+,21-,22+. The van der Waals surface area contributed by atoms with Gasteiger partial charge in [-0.15, -0.1) is 0 Å². The topological polar surface area (TPSA) is 166 Å². The summed E-state index contributed by atoms with van der Waals surface area (Å²) < 4.78 is 2.29. The highest BCUT2D eigenvalue weighted by Gasteiger charge is 2.28. The number of nitrogens with two attached hydrogens (primary N) is 4. The Morgan fingerprint density at radius 1 is 0.571 bits per heavy atom. The van der Waals surface area contributed by atoms with Crippen molar-refractivity contribution in [1.29, 1.82) is 0 Å². The molecule has 4 atom stereocenters. The van der Waals surface area contributed by atoms with Crippen molar-refractivity contribution in [3.05, 3.63) is 72.8 Å². The first-order chi connectivity index (χ1) is 20.4. The number of hydrogen-bond acceptors (Lipinski definition) is 10. The fourth-order valence-electron chi connectivity index (χ4n) is 6.40. The minimum absolute atomic E-state index is 0.0457. The van der Waals surface area contributed by atoms with E-state index in [0.29, 0.717) is 44.0 Å². The summed E-state index contributed by atoms with van der Waals surface area (Å²) in [5.74, 6) is 1.53. The second kappa shape index (κ2) is 10.8. The average Bonchev–Trinajstić information content (AvgIpc) is 3.31. The zero-order valence-corrected chi connectivity index (χ0v) is 23.5. The van der Waals surface area contributed by atoms with Gasteiger partial charge in [0, 0.05) is 72.5 Å². The van der Waals surface area contributed by atoms with Crippen LogP contribution in [0.5, 0.6) is 0 Å². The summed E-state index contributed by atoms with van der Waals surface area (Å²) in [4.78, 5) is 18.5. The number of rotatable bonds is 5. The van der Waals surface area contributed by atoms with Crippen LogP contribution in [0.4, 0.5) is 23.5 Å². The Labute approximate surface area is 244 Å². The van der Waals surface area contributed by atoms with Gasteiger partial charge < -0.3 is 42.6 Å². The molecule has 2 aromatic heterocycles. The lowest BCUT2D eigenvalue weighted by molar-refractivity contribution is 0.441. The number of nitrogens with zero attached hydrogens (tertiary/aromatic N) is 6. The summed E-state index contributed by atoms with van der Waals surface area (Å²) in [6, 6.07) is 25.1. The van der Waals surface area contributed by atoms with Crippen LogP contribution >= 0.6 is 0 Å². The number of nitrogens with one attached hydrogen (secondary N) is 1. The maximum absolute atomic E-state index is 6.30. The molecule has 0 spiro atoms. The third-order valence-electron chi connectivity index (χ3n) is 8.17. The minimum atomic E-state index is -0.0457. The van der Waals surface area contributed by atoms with Gasteiger partial charge in [0.2, 0.25) is 17.8 Å². The molecule has 2 fully saturated rings. The number of aromatic nitrogens is 4. The number of hydrogen-bond donors (Lipinski definition) is 5. The lowest BCUT2D eigenvalue weighted by Gasteiger charge is -2.37. The lowest BCUT2D eigenvalue weighted by Crippen LogP contribution is -2.54. The predicted molar refractivity (Wildman–Crippen MR) is 169 cm³/mol. The molecule has 11 nitrogen and oxygen atoms in total. The van der Waals surface area contributed by atoms with Gasteiger partial charge in [-0.1, -0.05) is 36.4 Å². The van der Waals surface area contributed by atoms with Crippen LogP contribution in [-0.4, -0.2) is 69.9 Å². The zero-order valence-electron chi connectivity index (χ0n) is 23.5. The van der Waals surface area contributed by atoms with Crippen LogP contribution in [0.15, 0.2) is 72.8 Å². The minimum Gasteiger partial charge on any atom is -0.338 e. The van der Waals surface area contributed by atoms with E-state index in [-0.39, 0.29) is 24.2 Å². The van der Waals surface area contributed by atoms with E-state index >= 15 is 0 Å². The lowest BCUT2D eigenvalue weighted by atomic mass is 10.0. The molecular weight excluding hydrogens is 526 g/mol. The van der Waals surface area contributed by atoms with Crippen molar-refractivity contribution in [3.8, 4) is 5.69 Å². The predicted octanol–water partition coefficient (Wildman–Crippen LogP) is 2.44. The highest BCUT2D eigenvalue weighted by molar-refractivity contribution is 6.09. The molecule has 2 aliphatic heterocycles. The Hall–Kier alpha value is -4.29. The first-order valence-electron chi connectivity index (χ1n) is 14.5. The molecule has 0 amide bonds. The summed E-state index contributed by atoms with van der Waals surface area (Å²) in [6.45, 7) is 2.51. The first-order valence-corrected chi connectivity index (χ1v) is 14.5. The quantitative estimate of drug-likeness (QED) is 0.214. The van der Waals surface area contributed by atoms with E-state index in [4.69, 9.17) is 37.9 Å². The largest absolute Gasteiger partial charge is 0.338 e. The molecule has 0 aliphatic carbocycles. The smallest absolute Gasteiger partial charge is 0.233 e. The number of para-hydroxylation sites is 2. The second-order valence-electron chi connectivity index (χ2n) is 11.6. The van der Waals surface area contributed by atoms with Crippen LogP contribution in [0, 0.1) is 0 Å². The van der Waals surface area contributed by atoms with Gasteiger partial charge in [0.1, 0.15) is 0 Å². The molecule has 4 heterocycles. The number of fused-ring (bicyclic) bond motifs is 3. The Balaban J connectivity index is 1.22. The third kappa shape index (κ3) is 5.12. The normalized spacial score (nSPS) is 23.0. The zero-order chi connectivity index (χ0) is 28.8. The average molecular weight is 564 g/mol. The molecule has 2 saturated heterocycles. The van der Waals surface area contributed by atoms with Crippen molar-refractivity contribution >= 4 is 45.3 Å². The van der Waals surface area contributed by atoms with Gasteiger partial charge in [-0.25, -0.2) is 0 Å². The fraction of sp³-hybridized carbons (Fsp3) is 0.323. The van der Waals surface area contributed by atoms with Gasteiger partial charge in [-0.3, -0.25) is 0 Å². The van der Waals surface area contributed by atoms with Gasteiger partial charge >= 0.3 is 0 Å². The van der Waals surface area contributed by atoms with Crippen molar-refractivity contribution in [3.63, 3.8) is 0 Å². The monoisotopic (exact) mass is 563 g/mol. The van der Waals surface area contributed by atoms with Crippen molar-refractivity contribution < 1.29 is 0 Å². The summed E-state index contributed by atoms with van der Waals surface area (Å²) >= 11 is 0. The number of anilines is 4. The van der Waals surface area contributed by atoms with Crippen LogP contribution in [0.25, 0.3) is 27.5 Å². The summed E-state index contributed by atoms with van der Waals surface area (Å²) in [5, 5.41) is 5.87. The van der Waals surface area contributed by atoms with Gasteiger partial charge in [0.25, 0.3) is 0 Å². The molecule has 2 aliphatic rings. The van der Waals surface area contributed by atoms with Crippen LogP contribution < -0.4 is 38.1 Å². The maximum atomic E-state index is 6.30. The molecule has 0 radical (unpaired) electrons. The Morgan fingerprint density at radius 3 is 1.50 bits per heavy atom. The third-order valence-corrected chi connectivity index (χ3v) is 8.17. The highest BCUT2D eigenvalue weighted by atomic mass is 15.4. The van der Waals surface area contributed by atoms with Crippen molar-refractivity contribution in [2.45, 2.75) is 37.0 Å². The molecule has 0 bridgehead atoms. The number of piperidine rings is 2. The molecule has 42 heavy (non-hydrogen) atoms. The molecular formula is C31H37N11. The molecule has 11 heteroatoms. The van der Waals surface area contributed by atoms with Gasteiger partial charge in [0.05, 0.1) is 11.0 Å². The van der Waals surface area contributed by atoms with Crippen molar-refractivity contribution in [1.82, 2.24) is 19.5 Å². The van der Waals surface area contributed by atoms with E-state index in [1.54, 1.807) is 0 Å². The maximum Gasteiger partial charge on any atom is 0.233 e. The Bertz CT molecular complexity index is 1600. The fourth-order valence-corrected chi connectivity index (χ4v) is 6.40. The molecule has 9 N–H and O–H groups in total. The van der Waals surface area contributed by atoms with E-state index in [2.05, 4.69) is 70.5 Å². The van der Waals surface area contributed by atoms with Crippen LogP contribution in [0.1, 0.15) is 12.8 Å². The van der Waals surface area contributed by atoms with Gasteiger partial charge in [-0.2, -0.15) is 15.0 Å². The molecule has 0 unspecified atom stereocenters. The van der Waals surface area contributed by atoms with E-state index in [9.17, 15) is 0 Å². The van der Waals surface area contributed by atoms with E-state index in [0.717, 1.165) is 24.2 Å². The van der Waals surface area contributed by atoms with E-state index in [1.807, 2.05) is 21.9 Å². The SMILES string of the molecule is N[C@@H]1C[C@H](N)CN(c2nc(Nc3ccc(-n4c5ccccc5c5ccccc54)cc3)nc(N3C[C@H](N)C[C@H](N)C3)n2)C1. The Kier molecular flexibility index (Phi) is 6.87. The van der Waals surface area contributed by atoms with Gasteiger partial charge in [0.15, 0.2) is 0 Å². The van der Waals surface area contributed by atoms with E-state index in [1.165, 1.54) is 21.8 Å².